The summed E-state index contributed by atoms with van der Waals surface area (Å²) in [7, 11) is 0. The maximum Gasteiger partial charge on any atom is 0.000784 e. The highest BCUT2D eigenvalue weighted by molar-refractivity contribution is 4.94. The molecule has 0 spiro atoms. The Kier molecular flexibility index (Phi) is 3.33. The van der Waals surface area contributed by atoms with Crippen LogP contribution >= 0.6 is 0 Å². The molecule has 1 aliphatic rings. The molecule has 1 heteroatoms. The van der Waals surface area contributed by atoms with E-state index in [2.05, 4.69) is 25.7 Å². The molecular weight excluding hydrogens is 146 g/mol. The van der Waals surface area contributed by atoms with Gasteiger partial charge >= 0.3 is 0 Å². The summed E-state index contributed by atoms with van der Waals surface area (Å²) in [5, 5.41) is 3.51. The number of hydrogen-bond acceptors (Lipinski definition) is 1. The summed E-state index contributed by atoms with van der Waals surface area (Å²) in [6.07, 6.45) is 5.33. The number of rotatable bonds is 6. The molecule has 0 amide bonds. The first kappa shape index (κ1) is 9.79. The van der Waals surface area contributed by atoms with Gasteiger partial charge in [0.15, 0.2) is 0 Å². The molecule has 0 aromatic heterocycles. The first-order chi connectivity index (χ1) is 5.68. The first-order valence-corrected chi connectivity index (χ1v) is 5.04. The van der Waals surface area contributed by atoms with E-state index in [0.717, 1.165) is 13.0 Å². The van der Waals surface area contributed by atoms with E-state index in [1.54, 1.807) is 0 Å². The average molecular weight is 167 g/mol. The van der Waals surface area contributed by atoms with Crippen molar-refractivity contribution in [3.63, 3.8) is 0 Å². The van der Waals surface area contributed by atoms with Crippen LogP contribution in [0.25, 0.3) is 0 Å². The molecule has 1 aliphatic carbocycles. The summed E-state index contributed by atoms with van der Waals surface area (Å²) < 4.78 is 0. The van der Waals surface area contributed by atoms with Crippen LogP contribution in [0.4, 0.5) is 0 Å². The van der Waals surface area contributed by atoms with E-state index in [1.165, 1.54) is 31.4 Å². The van der Waals surface area contributed by atoms with Gasteiger partial charge in [-0.1, -0.05) is 12.5 Å². The number of nitrogens with one attached hydrogen (secondary N) is 1. The van der Waals surface area contributed by atoms with Crippen molar-refractivity contribution in [2.45, 2.75) is 39.5 Å². The third-order valence-electron chi connectivity index (χ3n) is 2.94. The largest absolute Gasteiger partial charge is 0.316 e. The maximum atomic E-state index is 3.88. The number of hydrogen-bond donors (Lipinski definition) is 1. The van der Waals surface area contributed by atoms with Crippen molar-refractivity contribution >= 4 is 0 Å². The van der Waals surface area contributed by atoms with E-state index >= 15 is 0 Å². The summed E-state index contributed by atoms with van der Waals surface area (Å²) in [5.41, 5.74) is 1.97. The van der Waals surface area contributed by atoms with Crippen molar-refractivity contribution in [3.05, 3.63) is 12.2 Å². The van der Waals surface area contributed by atoms with Gasteiger partial charge in [-0.25, -0.2) is 0 Å². The van der Waals surface area contributed by atoms with Gasteiger partial charge in [-0.3, -0.25) is 0 Å². The van der Waals surface area contributed by atoms with Crippen LogP contribution in [0.15, 0.2) is 12.2 Å². The van der Waals surface area contributed by atoms with Gasteiger partial charge in [0.05, 0.1) is 0 Å². The lowest BCUT2D eigenvalue weighted by molar-refractivity contribution is 0.446. The summed E-state index contributed by atoms with van der Waals surface area (Å²) in [4.78, 5) is 0. The van der Waals surface area contributed by atoms with E-state index < -0.39 is 0 Å². The van der Waals surface area contributed by atoms with Gasteiger partial charge in [0, 0.05) is 6.54 Å². The molecule has 0 unspecified atom stereocenters. The van der Waals surface area contributed by atoms with E-state index in [1.807, 2.05) is 0 Å². The molecule has 12 heavy (non-hydrogen) atoms. The van der Waals surface area contributed by atoms with Gasteiger partial charge in [0.25, 0.3) is 0 Å². The van der Waals surface area contributed by atoms with Crippen molar-refractivity contribution in [2.75, 3.05) is 13.1 Å². The topological polar surface area (TPSA) is 12.0 Å². The van der Waals surface area contributed by atoms with Crippen molar-refractivity contribution in [1.29, 1.82) is 0 Å². The minimum absolute atomic E-state index is 0.690. The molecule has 1 N–H and O–H groups in total. The Hall–Kier alpha value is -0.300. The maximum absolute atomic E-state index is 3.88. The van der Waals surface area contributed by atoms with E-state index in [4.69, 9.17) is 0 Å². The zero-order chi connectivity index (χ0) is 9.03. The molecule has 0 bridgehead atoms. The standard InChI is InChI=1S/C11H21N/c1-4-11(6-7-11)9-12-8-5-10(2)3/h12H,2,4-9H2,1,3H3. The molecule has 1 fully saturated rings. The van der Waals surface area contributed by atoms with Crippen LogP contribution in [0.1, 0.15) is 39.5 Å². The Labute approximate surface area is 76.2 Å². The van der Waals surface area contributed by atoms with Crippen LogP contribution in [0.5, 0.6) is 0 Å². The molecule has 0 aromatic rings. The molecule has 1 saturated carbocycles. The Morgan fingerprint density at radius 3 is 2.58 bits per heavy atom. The fourth-order valence-electron chi connectivity index (χ4n) is 1.49. The molecule has 0 aliphatic heterocycles. The third-order valence-corrected chi connectivity index (χ3v) is 2.94. The van der Waals surface area contributed by atoms with Crippen molar-refractivity contribution < 1.29 is 0 Å². The second kappa shape index (κ2) is 4.08. The van der Waals surface area contributed by atoms with Gasteiger partial charge in [0.2, 0.25) is 0 Å². The molecule has 0 heterocycles. The van der Waals surface area contributed by atoms with E-state index in [-0.39, 0.29) is 0 Å². The highest BCUT2D eigenvalue weighted by Gasteiger charge is 2.39. The van der Waals surface area contributed by atoms with Crippen molar-refractivity contribution in [2.24, 2.45) is 5.41 Å². The minimum atomic E-state index is 0.690. The van der Waals surface area contributed by atoms with E-state index in [0.29, 0.717) is 5.41 Å². The highest BCUT2D eigenvalue weighted by Crippen LogP contribution is 2.47. The molecule has 70 valence electrons. The average Bonchev–Trinajstić information content (AvgIpc) is 2.79. The van der Waals surface area contributed by atoms with Gasteiger partial charge in [-0.15, -0.1) is 6.58 Å². The molecule has 0 radical (unpaired) electrons. The second-order valence-electron chi connectivity index (χ2n) is 4.24. The van der Waals surface area contributed by atoms with Crippen LogP contribution < -0.4 is 5.32 Å². The van der Waals surface area contributed by atoms with Crippen LogP contribution in [0.3, 0.4) is 0 Å². The molecule has 1 nitrogen and oxygen atoms in total. The highest BCUT2D eigenvalue weighted by atomic mass is 14.9. The Morgan fingerprint density at radius 2 is 2.17 bits per heavy atom. The minimum Gasteiger partial charge on any atom is -0.316 e. The Morgan fingerprint density at radius 1 is 1.50 bits per heavy atom. The lowest BCUT2D eigenvalue weighted by atomic mass is 10.0. The predicted octanol–water partition coefficient (Wildman–Crippen LogP) is 2.73. The molecule has 1 rings (SSSR count). The quantitative estimate of drug-likeness (QED) is 0.474. The van der Waals surface area contributed by atoms with E-state index in [9.17, 15) is 0 Å². The summed E-state index contributed by atoms with van der Waals surface area (Å²) >= 11 is 0. The summed E-state index contributed by atoms with van der Waals surface area (Å²) in [5.74, 6) is 0. The first-order valence-electron chi connectivity index (χ1n) is 5.04. The second-order valence-corrected chi connectivity index (χ2v) is 4.24. The summed E-state index contributed by atoms with van der Waals surface area (Å²) in [6.45, 7) is 10.6. The van der Waals surface area contributed by atoms with Gasteiger partial charge in [-0.2, -0.15) is 0 Å². The fourth-order valence-corrected chi connectivity index (χ4v) is 1.49. The van der Waals surface area contributed by atoms with Gasteiger partial charge < -0.3 is 5.32 Å². The van der Waals surface area contributed by atoms with Crippen LogP contribution in [0.2, 0.25) is 0 Å². The lowest BCUT2D eigenvalue weighted by Gasteiger charge is -2.12. The normalized spacial score (nSPS) is 19.2. The smallest absolute Gasteiger partial charge is 0.000784 e. The molecule has 0 atom stereocenters. The van der Waals surface area contributed by atoms with Gasteiger partial charge in [0.1, 0.15) is 0 Å². The lowest BCUT2D eigenvalue weighted by Crippen LogP contribution is -2.24. The summed E-state index contributed by atoms with van der Waals surface area (Å²) in [6, 6.07) is 0. The van der Waals surface area contributed by atoms with Crippen LogP contribution in [0, 0.1) is 5.41 Å². The van der Waals surface area contributed by atoms with Crippen molar-refractivity contribution in [3.8, 4) is 0 Å². The SMILES string of the molecule is C=C(C)CCNCC1(CC)CC1. The molecular formula is C11H21N. The monoisotopic (exact) mass is 167 g/mol. The van der Waals surface area contributed by atoms with Crippen LogP contribution in [-0.4, -0.2) is 13.1 Å². The zero-order valence-corrected chi connectivity index (χ0v) is 8.45. The van der Waals surface area contributed by atoms with Crippen LogP contribution in [-0.2, 0) is 0 Å². The fraction of sp³-hybridized carbons (Fsp3) is 0.818. The third kappa shape index (κ3) is 2.98. The Bertz CT molecular complexity index is 156. The molecule has 0 aromatic carbocycles. The van der Waals surface area contributed by atoms with Gasteiger partial charge in [-0.05, 0) is 44.6 Å². The van der Waals surface area contributed by atoms with Crippen molar-refractivity contribution in [1.82, 2.24) is 5.32 Å². The Balaban J connectivity index is 1.99. The predicted molar refractivity (Wildman–Crippen MR) is 54.3 cm³/mol. The molecule has 0 saturated heterocycles. The zero-order valence-electron chi connectivity index (χ0n) is 8.45.